The number of Topliss-reactive ketones (excluding diaryl/α,β-unsaturated/α-hetero) is 2. The number of fused-ring (bicyclic) bond motifs is 2. The lowest BCUT2D eigenvalue weighted by atomic mass is 9.76. The molecule has 0 saturated carbocycles. The molecule has 2 aromatic carbocycles. The highest BCUT2D eigenvalue weighted by Gasteiger charge is 2.59. The number of benzene rings is 2. The van der Waals surface area contributed by atoms with E-state index in [1.54, 1.807) is 24.3 Å². The van der Waals surface area contributed by atoms with Crippen LogP contribution in [0.5, 0.6) is 5.75 Å². The Kier molecular flexibility index (Phi) is 6.37. The van der Waals surface area contributed by atoms with Gasteiger partial charge in [-0.05, 0) is 18.4 Å². The molecule has 0 radical (unpaired) electrons. The number of ketones is 2. The number of hydrogen-bond donors (Lipinski definition) is 1. The highest BCUT2D eigenvalue weighted by molar-refractivity contribution is 6.30. The highest BCUT2D eigenvalue weighted by atomic mass is 16.7. The normalized spacial score (nSPS) is 19.3. The summed E-state index contributed by atoms with van der Waals surface area (Å²) in [6.07, 6.45) is -3.89. The lowest BCUT2D eigenvalue weighted by molar-refractivity contribution is -0.234. The number of hydrogen-bond acceptors (Lipinski definition) is 11. The van der Waals surface area contributed by atoms with E-state index in [0.29, 0.717) is 10.8 Å². The van der Waals surface area contributed by atoms with Gasteiger partial charge in [-0.15, -0.1) is 0 Å². The van der Waals surface area contributed by atoms with Crippen LogP contribution in [0.2, 0.25) is 0 Å². The van der Waals surface area contributed by atoms with Gasteiger partial charge in [-0.3, -0.25) is 9.59 Å². The largest absolute Gasteiger partial charge is 0.507 e. The Bertz CT molecular complexity index is 1340. The summed E-state index contributed by atoms with van der Waals surface area (Å²) in [6, 6.07) is 8.02. The van der Waals surface area contributed by atoms with Crippen LogP contribution in [0.3, 0.4) is 0 Å². The second kappa shape index (κ2) is 9.17. The smallest absolute Gasteiger partial charge is 0.350 e. The average molecular weight is 498 g/mol. The molecule has 2 atom stereocenters. The van der Waals surface area contributed by atoms with Crippen LogP contribution in [0, 0.1) is 0 Å². The van der Waals surface area contributed by atoms with Crippen molar-refractivity contribution in [3.63, 3.8) is 0 Å². The van der Waals surface area contributed by atoms with Crippen LogP contribution in [0.25, 0.3) is 10.8 Å². The van der Waals surface area contributed by atoms with Gasteiger partial charge in [-0.2, -0.15) is 0 Å². The summed E-state index contributed by atoms with van der Waals surface area (Å²) in [7, 11) is 3.10. The van der Waals surface area contributed by atoms with Crippen molar-refractivity contribution in [1.29, 1.82) is 0 Å². The first kappa shape index (κ1) is 25.0. The summed E-state index contributed by atoms with van der Waals surface area (Å²) >= 11 is 0. The van der Waals surface area contributed by atoms with Gasteiger partial charge >= 0.3 is 17.9 Å². The standard InChI is InChI=1S/C25H22O11/c1-11(21(29)32-2)35-22-17-15(10-25(36-22,23(30)33-3)24(31)34-4)20(28)16-14(19(17)27)9-12-7-5-6-8-13(12)18(16)26/h5-9,11,22,26H,10H2,1-4H3/t11-,22?/m0/s1. The highest BCUT2D eigenvalue weighted by Crippen LogP contribution is 2.45. The van der Waals surface area contributed by atoms with Crippen molar-refractivity contribution in [3.05, 3.63) is 52.6 Å². The van der Waals surface area contributed by atoms with Gasteiger partial charge in [0.1, 0.15) is 5.75 Å². The SMILES string of the molecule is COC(=O)[C@H](C)OC1OC(C(=O)OC)(C(=O)OC)CC2=C1C(=O)c1cc3ccccc3c(O)c1C2=O. The first-order valence-electron chi connectivity index (χ1n) is 10.8. The molecule has 1 N–H and O–H groups in total. The van der Waals surface area contributed by atoms with Crippen molar-refractivity contribution in [3.8, 4) is 5.75 Å². The van der Waals surface area contributed by atoms with E-state index in [0.717, 1.165) is 21.3 Å². The third kappa shape index (κ3) is 3.64. The Morgan fingerprint density at radius 2 is 1.67 bits per heavy atom. The van der Waals surface area contributed by atoms with E-state index in [9.17, 15) is 29.1 Å². The third-order valence-electron chi connectivity index (χ3n) is 6.20. The molecule has 36 heavy (non-hydrogen) atoms. The Hall–Kier alpha value is -4.09. The van der Waals surface area contributed by atoms with Crippen LogP contribution in [0.4, 0.5) is 0 Å². The summed E-state index contributed by atoms with van der Waals surface area (Å²) < 4.78 is 25.4. The van der Waals surface area contributed by atoms with Crippen molar-refractivity contribution < 1.29 is 52.8 Å². The summed E-state index contributed by atoms with van der Waals surface area (Å²) in [5, 5.41) is 11.7. The van der Waals surface area contributed by atoms with Crippen molar-refractivity contribution >= 4 is 40.2 Å². The predicted octanol–water partition coefficient (Wildman–Crippen LogP) is 1.63. The number of aromatic hydroxyl groups is 1. The summed E-state index contributed by atoms with van der Waals surface area (Å²) in [5.74, 6) is -5.26. The molecule has 11 heteroatoms. The van der Waals surface area contributed by atoms with Crippen molar-refractivity contribution in [2.45, 2.75) is 31.3 Å². The fraction of sp³-hybridized carbons (Fsp3) is 0.320. The van der Waals surface area contributed by atoms with E-state index in [1.807, 2.05) is 0 Å². The molecule has 0 aromatic heterocycles. The zero-order valence-electron chi connectivity index (χ0n) is 19.8. The Labute approximate surface area is 204 Å². The van der Waals surface area contributed by atoms with Crippen molar-refractivity contribution in [1.82, 2.24) is 0 Å². The van der Waals surface area contributed by atoms with E-state index in [4.69, 9.17) is 18.9 Å². The zero-order chi connectivity index (χ0) is 26.4. The lowest BCUT2D eigenvalue weighted by Crippen LogP contribution is -2.58. The van der Waals surface area contributed by atoms with Crippen LogP contribution in [0.1, 0.15) is 34.1 Å². The molecule has 2 aliphatic rings. The van der Waals surface area contributed by atoms with Crippen LogP contribution in [-0.4, -0.2) is 73.9 Å². The zero-order valence-corrected chi connectivity index (χ0v) is 19.8. The van der Waals surface area contributed by atoms with Crippen LogP contribution >= 0.6 is 0 Å². The van der Waals surface area contributed by atoms with Gasteiger partial charge in [0, 0.05) is 22.9 Å². The third-order valence-corrected chi connectivity index (χ3v) is 6.20. The van der Waals surface area contributed by atoms with Gasteiger partial charge in [-0.1, -0.05) is 24.3 Å². The van der Waals surface area contributed by atoms with Crippen molar-refractivity contribution in [2.24, 2.45) is 0 Å². The molecule has 11 nitrogen and oxygen atoms in total. The van der Waals surface area contributed by atoms with Gasteiger partial charge in [0.15, 0.2) is 24.0 Å². The minimum Gasteiger partial charge on any atom is -0.507 e. The summed E-state index contributed by atoms with van der Waals surface area (Å²) in [6.45, 7) is 1.30. The molecule has 1 heterocycles. The molecule has 0 saturated heterocycles. The number of phenols is 1. The Balaban J connectivity index is 1.96. The van der Waals surface area contributed by atoms with E-state index < -0.39 is 59.6 Å². The molecule has 1 aliphatic carbocycles. The maximum Gasteiger partial charge on any atom is 0.350 e. The molecular weight excluding hydrogens is 476 g/mol. The monoisotopic (exact) mass is 498 g/mol. The first-order valence-corrected chi connectivity index (χ1v) is 10.8. The van der Waals surface area contributed by atoms with Crippen LogP contribution in [0.15, 0.2) is 41.5 Å². The number of carbonyl (C=O) groups excluding carboxylic acids is 5. The molecule has 1 unspecified atom stereocenters. The van der Waals surface area contributed by atoms with Gasteiger partial charge in [0.05, 0.1) is 32.5 Å². The second-order valence-corrected chi connectivity index (χ2v) is 8.16. The molecule has 2 aromatic rings. The molecule has 188 valence electrons. The number of carbonyl (C=O) groups is 5. The number of ether oxygens (including phenoxy) is 5. The number of methoxy groups -OCH3 is 3. The Morgan fingerprint density at radius 1 is 1.03 bits per heavy atom. The summed E-state index contributed by atoms with van der Waals surface area (Å²) in [4.78, 5) is 65.0. The van der Waals surface area contributed by atoms with E-state index in [2.05, 4.69) is 4.74 Å². The van der Waals surface area contributed by atoms with Gasteiger partial charge in [0.2, 0.25) is 0 Å². The predicted molar refractivity (Wildman–Crippen MR) is 120 cm³/mol. The Morgan fingerprint density at radius 3 is 2.28 bits per heavy atom. The number of rotatable bonds is 5. The molecule has 0 spiro atoms. The number of esters is 3. The summed E-state index contributed by atoms with van der Waals surface area (Å²) in [5.41, 5.74) is -3.57. The maximum atomic E-state index is 13.7. The van der Waals surface area contributed by atoms with E-state index in [1.165, 1.54) is 13.0 Å². The minimum absolute atomic E-state index is 0.124. The van der Waals surface area contributed by atoms with E-state index in [-0.39, 0.29) is 22.3 Å². The number of phenolic OH excluding ortho intramolecular Hbond substituents is 1. The quantitative estimate of drug-likeness (QED) is 0.364. The molecule has 0 bridgehead atoms. The maximum absolute atomic E-state index is 13.7. The second-order valence-electron chi connectivity index (χ2n) is 8.16. The molecule has 1 aliphatic heterocycles. The van der Waals surface area contributed by atoms with Gasteiger partial charge < -0.3 is 28.8 Å². The van der Waals surface area contributed by atoms with Gasteiger partial charge in [0.25, 0.3) is 5.60 Å². The van der Waals surface area contributed by atoms with Crippen LogP contribution in [-0.2, 0) is 38.1 Å². The molecular formula is C25H22O11. The van der Waals surface area contributed by atoms with E-state index >= 15 is 0 Å². The first-order chi connectivity index (χ1) is 17.1. The fourth-order valence-corrected chi connectivity index (χ4v) is 4.41. The minimum atomic E-state index is -2.53. The topological polar surface area (TPSA) is 152 Å². The fourth-order valence-electron chi connectivity index (χ4n) is 4.41. The van der Waals surface area contributed by atoms with Crippen molar-refractivity contribution in [2.75, 3.05) is 21.3 Å². The van der Waals surface area contributed by atoms with Gasteiger partial charge in [-0.25, -0.2) is 14.4 Å². The average Bonchev–Trinajstić information content (AvgIpc) is 2.89. The molecule has 0 amide bonds. The molecule has 0 fully saturated rings. The van der Waals surface area contributed by atoms with Crippen LogP contribution < -0.4 is 0 Å². The molecule has 4 rings (SSSR count). The lowest BCUT2D eigenvalue weighted by Gasteiger charge is -2.40.